The Kier molecular flexibility index (Phi) is 5.05. The molecule has 0 aliphatic rings. The highest BCUT2D eigenvalue weighted by atomic mass is 79.9. The van der Waals surface area contributed by atoms with Crippen molar-refractivity contribution in [3.8, 4) is 11.5 Å². The van der Waals surface area contributed by atoms with Crippen LogP contribution in [-0.2, 0) is 11.4 Å². The van der Waals surface area contributed by atoms with E-state index in [9.17, 15) is 0 Å². The van der Waals surface area contributed by atoms with Crippen molar-refractivity contribution in [1.29, 1.82) is 0 Å². The third-order valence-electron chi connectivity index (χ3n) is 2.27. The van der Waals surface area contributed by atoms with Crippen molar-refractivity contribution in [2.24, 2.45) is 0 Å². The predicted octanol–water partition coefficient (Wildman–Crippen LogP) is 2.43. The Balaban J connectivity index is 3.23. The van der Waals surface area contributed by atoms with E-state index in [-0.39, 0.29) is 0 Å². The van der Waals surface area contributed by atoms with Crippen LogP contribution in [0.25, 0.3) is 0 Å². The molecule has 0 aromatic heterocycles. The number of nitrogens with one attached hydrogen (secondary N) is 1. The molecule has 0 bridgehead atoms. The molecule has 0 fully saturated rings. The lowest BCUT2D eigenvalue weighted by molar-refractivity contribution is 0.0858. The van der Waals surface area contributed by atoms with Gasteiger partial charge in [0.2, 0.25) is 0 Å². The summed E-state index contributed by atoms with van der Waals surface area (Å²) in [6.07, 6.45) is 0. The molecule has 0 atom stereocenters. The quantitative estimate of drug-likeness (QED) is 0.845. The number of halogens is 1. The summed E-state index contributed by atoms with van der Waals surface area (Å²) >= 11 is 3.53. The molecular weight excluding hydrogens is 274 g/mol. The molecule has 16 heavy (non-hydrogen) atoms. The van der Waals surface area contributed by atoms with E-state index in [2.05, 4.69) is 21.4 Å². The van der Waals surface area contributed by atoms with Crippen LogP contribution < -0.4 is 15.0 Å². The molecular formula is C11H16BrNO3. The van der Waals surface area contributed by atoms with Gasteiger partial charge in [0.25, 0.3) is 0 Å². The SMILES string of the molecule is CONCc1c(Br)c(C)cc(OC)c1OC. The maximum absolute atomic E-state index is 5.35. The molecule has 5 heteroatoms. The average Bonchev–Trinajstić information content (AvgIpc) is 2.30. The molecule has 0 aliphatic heterocycles. The molecule has 1 rings (SSSR count). The van der Waals surface area contributed by atoms with Gasteiger partial charge in [-0.25, -0.2) is 0 Å². The van der Waals surface area contributed by atoms with Gasteiger partial charge in [0.1, 0.15) is 0 Å². The number of aryl methyl sites for hydroxylation is 1. The monoisotopic (exact) mass is 289 g/mol. The van der Waals surface area contributed by atoms with Crippen LogP contribution in [0.3, 0.4) is 0 Å². The topological polar surface area (TPSA) is 39.7 Å². The van der Waals surface area contributed by atoms with E-state index in [0.29, 0.717) is 12.3 Å². The summed E-state index contributed by atoms with van der Waals surface area (Å²) in [4.78, 5) is 4.85. The number of hydroxylamine groups is 1. The normalized spacial score (nSPS) is 10.3. The molecule has 0 radical (unpaired) electrons. The van der Waals surface area contributed by atoms with Crippen molar-refractivity contribution in [3.63, 3.8) is 0 Å². The van der Waals surface area contributed by atoms with Gasteiger partial charge in [-0.15, -0.1) is 0 Å². The third-order valence-corrected chi connectivity index (χ3v) is 3.38. The van der Waals surface area contributed by atoms with E-state index >= 15 is 0 Å². The predicted molar refractivity (Wildman–Crippen MR) is 65.8 cm³/mol. The van der Waals surface area contributed by atoms with Crippen molar-refractivity contribution < 1.29 is 14.3 Å². The zero-order chi connectivity index (χ0) is 12.1. The second kappa shape index (κ2) is 6.08. The summed E-state index contributed by atoms with van der Waals surface area (Å²) in [7, 11) is 4.82. The molecule has 90 valence electrons. The lowest BCUT2D eigenvalue weighted by Crippen LogP contribution is -2.13. The molecule has 1 aromatic rings. The zero-order valence-corrected chi connectivity index (χ0v) is 11.5. The Morgan fingerprint density at radius 3 is 2.44 bits per heavy atom. The zero-order valence-electron chi connectivity index (χ0n) is 9.89. The molecule has 0 saturated carbocycles. The Morgan fingerprint density at radius 1 is 1.25 bits per heavy atom. The smallest absolute Gasteiger partial charge is 0.166 e. The Labute approximate surface area is 104 Å². The molecule has 4 nitrogen and oxygen atoms in total. The first-order valence-electron chi connectivity index (χ1n) is 4.81. The van der Waals surface area contributed by atoms with Gasteiger partial charge < -0.3 is 14.3 Å². The number of hydrogen-bond acceptors (Lipinski definition) is 4. The lowest BCUT2D eigenvalue weighted by atomic mass is 10.1. The minimum atomic E-state index is 0.540. The first-order chi connectivity index (χ1) is 7.65. The van der Waals surface area contributed by atoms with Crippen molar-refractivity contribution >= 4 is 15.9 Å². The second-order valence-electron chi connectivity index (χ2n) is 3.25. The van der Waals surface area contributed by atoms with Gasteiger partial charge in [-0.05, 0) is 18.6 Å². The van der Waals surface area contributed by atoms with Gasteiger partial charge in [0.05, 0.1) is 27.9 Å². The van der Waals surface area contributed by atoms with Crippen molar-refractivity contribution in [2.75, 3.05) is 21.3 Å². The number of ether oxygens (including phenoxy) is 2. The van der Waals surface area contributed by atoms with Crippen LogP contribution in [0.5, 0.6) is 11.5 Å². The van der Waals surface area contributed by atoms with Gasteiger partial charge in [-0.3, -0.25) is 0 Å². The minimum absolute atomic E-state index is 0.540. The van der Waals surface area contributed by atoms with Gasteiger partial charge in [0.15, 0.2) is 11.5 Å². The van der Waals surface area contributed by atoms with Crippen molar-refractivity contribution in [3.05, 3.63) is 21.7 Å². The standard InChI is InChI=1S/C11H16BrNO3/c1-7-5-9(14-2)11(15-3)8(10(7)12)6-13-16-4/h5,13H,6H2,1-4H3. The number of rotatable bonds is 5. The maximum Gasteiger partial charge on any atom is 0.166 e. The highest BCUT2D eigenvalue weighted by molar-refractivity contribution is 9.10. The fourth-order valence-corrected chi connectivity index (χ4v) is 1.92. The van der Waals surface area contributed by atoms with Crippen LogP contribution in [0, 0.1) is 6.92 Å². The van der Waals surface area contributed by atoms with Crippen molar-refractivity contribution in [1.82, 2.24) is 5.48 Å². The van der Waals surface area contributed by atoms with Crippen LogP contribution in [0.2, 0.25) is 0 Å². The summed E-state index contributed by atoms with van der Waals surface area (Å²) in [5.74, 6) is 1.43. The van der Waals surface area contributed by atoms with E-state index in [1.807, 2.05) is 13.0 Å². The summed E-state index contributed by atoms with van der Waals surface area (Å²) in [5, 5.41) is 0. The summed E-state index contributed by atoms with van der Waals surface area (Å²) < 4.78 is 11.6. The Hall–Kier alpha value is -0.780. The maximum atomic E-state index is 5.35. The van der Waals surface area contributed by atoms with Crippen LogP contribution in [0.4, 0.5) is 0 Å². The molecule has 1 aromatic carbocycles. The average molecular weight is 290 g/mol. The molecule has 0 saturated heterocycles. The summed E-state index contributed by atoms with van der Waals surface area (Å²) in [6.45, 7) is 2.54. The molecule has 0 heterocycles. The Bertz CT molecular complexity index is 369. The first kappa shape index (κ1) is 13.3. The first-order valence-corrected chi connectivity index (χ1v) is 5.60. The number of methoxy groups -OCH3 is 2. The highest BCUT2D eigenvalue weighted by Crippen LogP contribution is 2.38. The number of benzene rings is 1. The largest absolute Gasteiger partial charge is 0.493 e. The molecule has 0 amide bonds. The van der Waals surface area contributed by atoms with E-state index < -0.39 is 0 Å². The van der Waals surface area contributed by atoms with Gasteiger partial charge in [0, 0.05) is 10.0 Å². The molecule has 1 N–H and O–H groups in total. The summed E-state index contributed by atoms with van der Waals surface area (Å²) in [5.41, 5.74) is 4.85. The second-order valence-corrected chi connectivity index (χ2v) is 4.04. The van der Waals surface area contributed by atoms with Gasteiger partial charge in [-0.1, -0.05) is 15.9 Å². The summed E-state index contributed by atoms with van der Waals surface area (Å²) in [6, 6.07) is 1.93. The van der Waals surface area contributed by atoms with Crippen LogP contribution >= 0.6 is 15.9 Å². The van der Waals surface area contributed by atoms with Crippen LogP contribution in [0.15, 0.2) is 10.5 Å². The minimum Gasteiger partial charge on any atom is -0.493 e. The lowest BCUT2D eigenvalue weighted by Gasteiger charge is -2.16. The third kappa shape index (κ3) is 2.66. The Morgan fingerprint density at radius 2 is 1.94 bits per heavy atom. The fraction of sp³-hybridized carbons (Fsp3) is 0.455. The van der Waals surface area contributed by atoms with Crippen LogP contribution in [-0.4, -0.2) is 21.3 Å². The molecule has 0 spiro atoms. The molecule has 0 aliphatic carbocycles. The van der Waals surface area contributed by atoms with Crippen LogP contribution in [0.1, 0.15) is 11.1 Å². The highest BCUT2D eigenvalue weighted by Gasteiger charge is 2.15. The van der Waals surface area contributed by atoms with Gasteiger partial charge in [-0.2, -0.15) is 5.48 Å². The van der Waals surface area contributed by atoms with E-state index in [4.69, 9.17) is 14.3 Å². The fourth-order valence-electron chi connectivity index (χ4n) is 1.49. The van der Waals surface area contributed by atoms with Crippen molar-refractivity contribution in [2.45, 2.75) is 13.5 Å². The van der Waals surface area contributed by atoms with Gasteiger partial charge >= 0.3 is 0 Å². The van der Waals surface area contributed by atoms with E-state index in [1.165, 1.54) is 0 Å². The van der Waals surface area contributed by atoms with E-state index in [0.717, 1.165) is 21.3 Å². The molecule has 0 unspecified atom stereocenters. The van der Waals surface area contributed by atoms with E-state index in [1.54, 1.807) is 21.3 Å². The number of hydrogen-bond donors (Lipinski definition) is 1.